The molecule has 5 atom stereocenters. The van der Waals surface area contributed by atoms with E-state index in [2.05, 4.69) is 20.8 Å². The van der Waals surface area contributed by atoms with Gasteiger partial charge in [0.15, 0.2) is 0 Å². The van der Waals surface area contributed by atoms with Crippen molar-refractivity contribution in [2.45, 2.75) is 123 Å². The molecule has 0 aromatic carbocycles. The zero-order chi connectivity index (χ0) is 19.5. The quantitative estimate of drug-likeness (QED) is 0.381. The van der Waals surface area contributed by atoms with E-state index in [1.165, 1.54) is 51.8 Å². The molecule has 27 heavy (non-hydrogen) atoms. The van der Waals surface area contributed by atoms with Crippen LogP contribution in [0.15, 0.2) is 0 Å². The zero-order valence-electron chi connectivity index (χ0n) is 18.0. The Kier molecular flexibility index (Phi) is 7.93. The first kappa shape index (κ1) is 22.3. The van der Waals surface area contributed by atoms with Gasteiger partial charge in [0.1, 0.15) is 0 Å². The summed E-state index contributed by atoms with van der Waals surface area (Å²) in [7, 11) is 0. The summed E-state index contributed by atoms with van der Waals surface area (Å²) < 4.78 is 35.7. The van der Waals surface area contributed by atoms with Gasteiger partial charge in [-0.15, -0.1) is 0 Å². The maximum atomic E-state index is 7.18. The Labute approximate surface area is 170 Å². The van der Waals surface area contributed by atoms with Crippen molar-refractivity contribution in [3.63, 3.8) is 0 Å². The monoisotopic (exact) mass is 492 g/mol. The van der Waals surface area contributed by atoms with Crippen LogP contribution in [0.4, 0.5) is 0 Å². The summed E-state index contributed by atoms with van der Waals surface area (Å²) >= 11 is -2.79. The Bertz CT molecular complexity index is 450. The van der Waals surface area contributed by atoms with Gasteiger partial charge in [-0.3, -0.25) is 0 Å². The number of hydrogen-bond donors (Lipinski definition) is 0. The van der Waals surface area contributed by atoms with Crippen molar-refractivity contribution in [1.82, 2.24) is 0 Å². The van der Waals surface area contributed by atoms with E-state index in [0.29, 0.717) is 6.61 Å². The first-order valence-electron chi connectivity index (χ1n) is 11.2. The summed E-state index contributed by atoms with van der Waals surface area (Å²) in [6.07, 6.45) is 6.99. The van der Waals surface area contributed by atoms with Crippen LogP contribution in [-0.2, 0) is 22.0 Å². The second-order valence-electron chi connectivity index (χ2n) is 9.02. The summed E-state index contributed by atoms with van der Waals surface area (Å²) in [5.41, 5.74) is 0. The van der Waals surface area contributed by atoms with Crippen LogP contribution in [-0.4, -0.2) is 61.9 Å². The van der Waals surface area contributed by atoms with Gasteiger partial charge in [-0.05, 0) is 0 Å². The number of fused-ring (bicyclic) bond motifs is 4. The molecule has 3 heterocycles. The fourth-order valence-corrected chi connectivity index (χ4v) is 18.8. The van der Waals surface area contributed by atoms with Gasteiger partial charge in [-0.1, -0.05) is 0 Å². The summed E-state index contributed by atoms with van der Waals surface area (Å²) in [5.74, 6) is -0.570. The molecule has 0 aromatic rings. The molecule has 158 valence electrons. The minimum absolute atomic E-state index is 0.0202. The summed E-state index contributed by atoms with van der Waals surface area (Å²) in [5, 5.41) is 0. The normalized spacial score (nSPS) is 34.8. The zero-order valence-corrected chi connectivity index (χ0v) is 20.9. The molecule has 0 aromatic heterocycles. The third kappa shape index (κ3) is 5.21. The van der Waals surface area contributed by atoms with E-state index in [4.69, 9.17) is 22.0 Å². The van der Waals surface area contributed by atoms with Crippen molar-refractivity contribution in [1.29, 1.82) is 0 Å². The molecule has 0 saturated carbocycles. The van der Waals surface area contributed by atoms with Gasteiger partial charge < -0.3 is 0 Å². The van der Waals surface area contributed by atoms with Crippen molar-refractivity contribution in [3.05, 3.63) is 0 Å². The van der Waals surface area contributed by atoms with Gasteiger partial charge in [-0.2, -0.15) is 0 Å². The second kappa shape index (κ2) is 9.61. The van der Waals surface area contributed by atoms with Gasteiger partial charge in [0.2, 0.25) is 0 Å². The summed E-state index contributed by atoms with van der Waals surface area (Å²) in [6.45, 7) is 11.5. The minimum atomic E-state index is -2.79. The van der Waals surface area contributed by atoms with Crippen molar-refractivity contribution in [3.8, 4) is 0 Å². The molecule has 0 radical (unpaired) electrons. The molecule has 0 N–H and O–H groups in total. The molecule has 0 aliphatic carbocycles. The van der Waals surface area contributed by atoms with E-state index in [9.17, 15) is 0 Å². The third-order valence-electron chi connectivity index (χ3n) is 6.20. The topological polar surface area (TPSA) is 46.2 Å². The number of hydrogen-bond acceptors (Lipinski definition) is 5. The van der Waals surface area contributed by atoms with E-state index in [0.717, 1.165) is 0 Å². The molecule has 3 rings (SSSR count). The van der Waals surface area contributed by atoms with Crippen LogP contribution in [0, 0.1) is 0 Å². The van der Waals surface area contributed by atoms with Crippen LogP contribution in [0.3, 0.4) is 0 Å². The van der Waals surface area contributed by atoms with E-state index < -0.39 is 24.6 Å². The van der Waals surface area contributed by atoms with Crippen LogP contribution < -0.4 is 0 Å². The molecule has 5 nitrogen and oxygen atoms in total. The predicted octanol–water partition coefficient (Wildman–Crippen LogP) is 4.99. The van der Waals surface area contributed by atoms with E-state index in [1.54, 1.807) is 0 Å². The van der Waals surface area contributed by atoms with Gasteiger partial charge >= 0.3 is 170 Å². The van der Waals surface area contributed by atoms with E-state index >= 15 is 0 Å². The Morgan fingerprint density at radius 1 is 0.889 bits per heavy atom. The average Bonchev–Trinajstić information content (AvgIpc) is 3.22. The number of unbranched alkanes of at least 4 members (excludes halogenated alkanes) is 3. The van der Waals surface area contributed by atoms with Crippen LogP contribution in [0.2, 0.25) is 13.3 Å². The second-order valence-corrected chi connectivity index (χ2v) is 20.7. The number of rotatable bonds is 11. The average molecular weight is 491 g/mol. The molecular weight excluding hydrogens is 451 g/mol. The molecule has 0 spiro atoms. The molecule has 0 amide bonds. The standard InChI is InChI=1S/C9H13O5.3C4H9.Sn/c1-9(2)13-6-4-3-11-8(12-4)5(10)7(6)14-9;3*1-3-4-2;/h4-8H,3H2,1-2H3;3*1,3-4H2,2H3;/q-1;;;;+1/t4-,5-,6+,7-,8-;;;;/m1..../s1. The fourth-order valence-electron chi connectivity index (χ4n) is 4.76. The van der Waals surface area contributed by atoms with Crippen molar-refractivity contribution in [2.24, 2.45) is 0 Å². The van der Waals surface area contributed by atoms with Crippen LogP contribution in [0.5, 0.6) is 0 Å². The Morgan fingerprint density at radius 2 is 1.44 bits per heavy atom. The molecule has 3 fully saturated rings. The Morgan fingerprint density at radius 3 is 2.00 bits per heavy atom. The van der Waals surface area contributed by atoms with Gasteiger partial charge in [0.05, 0.1) is 0 Å². The molecular formula is C21H40O5Sn. The van der Waals surface area contributed by atoms with E-state index in [-0.39, 0.29) is 30.7 Å². The van der Waals surface area contributed by atoms with Crippen LogP contribution >= 0.6 is 0 Å². The third-order valence-corrected chi connectivity index (χ3v) is 19.2. The van der Waals surface area contributed by atoms with Crippen molar-refractivity contribution < 1.29 is 22.0 Å². The molecule has 3 aliphatic heterocycles. The molecule has 3 saturated heterocycles. The van der Waals surface area contributed by atoms with Crippen LogP contribution in [0.1, 0.15) is 73.1 Å². The first-order valence-corrected chi connectivity index (χ1v) is 18.5. The van der Waals surface area contributed by atoms with Crippen molar-refractivity contribution >= 4 is 18.8 Å². The predicted molar refractivity (Wildman–Crippen MR) is 108 cm³/mol. The van der Waals surface area contributed by atoms with Crippen LogP contribution in [0.25, 0.3) is 0 Å². The van der Waals surface area contributed by atoms with Gasteiger partial charge in [0.25, 0.3) is 0 Å². The summed E-state index contributed by atoms with van der Waals surface area (Å²) in [4.78, 5) is 0. The molecule has 2 bridgehead atoms. The van der Waals surface area contributed by atoms with Gasteiger partial charge in [0, 0.05) is 0 Å². The molecule has 6 heteroatoms. The Hall–Kier alpha value is 0.599. The summed E-state index contributed by atoms with van der Waals surface area (Å²) in [6, 6.07) is 0. The SMILES string of the molecule is CCC[CH2][Sn]([CH2]CCC)([CH2]CCC)[O][C@H]1[C@@H]2OC[C@@H](O2)[C@@H]2OC(C)(C)O[C@@H]21. The first-order chi connectivity index (χ1) is 12.9. The van der Waals surface area contributed by atoms with Crippen molar-refractivity contribution in [2.75, 3.05) is 6.61 Å². The van der Waals surface area contributed by atoms with E-state index in [1.807, 2.05) is 13.8 Å². The molecule has 3 aliphatic rings. The fraction of sp³-hybridized carbons (Fsp3) is 1.00. The molecule has 0 unspecified atom stereocenters. The van der Waals surface area contributed by atoms with Gasteiger partial charge in [-0.25, -0.2) is 0 Å². The number of ether oxygens (including phenoxy) is 4. The Balaban J connectivity index is 1.81. The maximum absolute atomic E-state index is 7.18.